The quantitative estimate of drug-likeness (QED) is 0.869. The van der Waals surface area contributed by atoms with Crippen LogP contribution in [0.15, 0.2) is 18.2 Å². The summed E-state index contributed by atoms with van der Waals surface area (Å²) in [6.07, 6.45) is 0. The van der Waals surface area contributed by atoms with E-state index in [1.807, 2.05) is 40.0 Å². The average molecular weight is 257 g/mol. The first kappa shape index (κ1) is 15.9. The number of halogens is 1. The van der Waals surface area contributed by atoms with Gasteiger partial charge in [0.2, 0.25) is 5.91 Å². The highest BCUT2D eigenvalue weighted by Gasteiger charge is 2.11. The lowest BCUT2D eigenvalue weighted by Gasteiger charge is -2.12. The standard InChI is InChI=1S/C13H20N2O.ClH/c1-9-5-10(2)7-12(6-9)15-13(16)11(3)8-14-4;/h5-7,11,14H,8H2,1-4H3,(H,15,16);1H. The van der Waals surface area contributed by atoms with Crippen molar-refractivity contribution in [2.24, 2.45) is 5.92 Å². The molecule has 0 saturated carbocycles. The van der Waals surface area contributed by atoms with Crippen LogP contribution in [0.2, 0.25) is 0 Å². The Labute approximate surface area is 109 Å². The Morgan fingerprint density at radius 1 is 1.24 bits per heavy atom. The van der Waals surface area contributed by atoms with E-state index in [9.17, 15) is 4.79 Å². The molecule has 0 bridgehead atoms. The van der Waals surface area contributed by atoms with E-state index >= 15 is 0 Å². The predicted octanol–water partition coefficient (Wildman–Crippen LogP) is 2.52. The Kier molecular flexibility index (Phi) is 6.85. The van der Waals surface area contributed by atoms with Crippen molar-refractivity contribution in [2.45, 2.75) is 20.8 Å². The smallest absolute Gasteiger partial charge is 0.228 e. The Morgan fingerprint density at radius 2 is 1.76 bits per heavy atom. The molecule has 1 aromatic carbocycles. The molecule has 1 unspecified atom stereocenters. The van der Waals surface area contributed by atoms with E-state index in [0.29, 0.717) is 6.54 Å². The highest BCUT2D eigenvalue weighted by molar-refractivity contribution is 5.92. The molecule has 1 atom stereocenters. The molecule has 1 amide bonds. The van der Waals surface area contributed by atoms with Crippen LogP contribution in [0.3, 0.4) is 0 Å². The first-order chi connectivity index (χ1) is 7.52. The second kappa shape index (κ2) is 7.30. The minimum Gasteiger partial charge on any atom is -0.326 e. The summed E-state index contributed by atoms with van der Waals surface area (Å²) in [6.45, 7) is 6.66. The van der Waals surface area contributed by atoms with E-state index in [1.165, 1.54) is 0 Å². The summed E-state index contributed by atoms with van der Waals surface area (Å²) in [4.78, 5) is 11.8. The van der Waals surface area contributed by atoms with Crippen molar-refractivity contribution in [3.63, 3.8) is 0 Å². The summed E-state index contributed by atoms with van der Waals surface area (Å²) in [5.41, 5.74) is 3.21. The minimum absolute atomic E-state index is 0. The molecule has 0 aliphatic rings. The van der Waals surface area contributed by atoms with Gasteiger partial charge in [-0.15, -0.1) is 12.4 Å². The fourth-order valence-electron chi connectivity index (χ4n) is 1.71. The topological polar surface area (TPSA) is 41.1 Å². The Hall–Kier alpha value is -1.06. The highest BCUT2D eigenvalue weighted by Crippen LogP contribution is 2.14. The zero-order valence-corrected chi connectivity index (χ0v) is 11.6. The zero-order chi connectivity index (χ0) is 12.1. The SMILES string of the molecule is CNCC(C)C(=O)Nc1cc(C)cc(C)c1.Cl. The lowest BCUT2D eigenvalue weighted by atomic mass is 10.1. The number of carbonyl (C=O) groups is 1. The number of amides is 1. The summed E-state index contributed by atoms with van der Waals surface area (Å²) in [5, 5.41) is 5.93. The zero-order valence-electron chi connectivity index (χ0n) is 10.8. The van der Waals surface area contributed by atoms with E-state index in [1.54, 1.807) is 0 Å². The van der Waals surface area contributed by atoms with Gasteiger partial charge in [0.05, 0.1) is 0 Å². The van der Waals surface area contributed by atoms with Crippen LogP contribution < -0.4 is 10.6 Å². The molecule has 0 aliphatic heterocycles. The van der Waals surface area contributed by atoms with Gasteiger partial charge in [-0.2, -0.15) is 0 Å². The van der Waals surface area contributed by atoms with Crippen molar-refractivity contribution in [1.82, 2.24) is 5.32 Å². The second-order valence-corrected chi connectivity index (χ2v) is 4.32. The molecular formula is C13H21ClN2O. The van der Waals surface area contributed by atoms with Crippen molar-refractivity contribution in [1.29, 1.82) is 0 Å². The highest BCUT2D eigenvalue weighted by atomic mass is 35.5. The van der Waals surface area contributed by atoms with Crippen LogP contribution in [-0.2, 0) is 4.79 Å². The monoisotopic (exact) mass is 256 g/mol. The number of anilines is 1. The predicted molar refractivity (Wildman–Crippen MR) is 74.9 cm³/mol. The largest absolute Gasteiger partial charge is 0.326 e. The van der Waals surface area contributed by atoms with Crippen molar-refractivity contribution in [3.05, 3.63) is 29.3 Å². The van der Waals surface area contributed by atoms with Crippen molar-refractivity contribution >= 4 is 24.0 Å². The molecule has 0 saturated heterocycles. The lowest BCUT2D eigenvalue weighted by molar-refractivity contribution is -0.119. The van der Waals surface area contributed by atoms with E-state index in [0.717, 1.165) is 16.8 Å². The first-order valence-corrected chi connectivity index (χ1v) is 5.56. The average Bonchev–Trinajstić information content (AvgIpc) is 2.16. The summed E-state index contributed by atoms with van der Waals surface area (Å²) < 4.78 is 0. The van der Waals surface area contributed by atoms with Gasteiger partial charge in [0, 0.05) is 18.2 Å². The molecule has 0 fully saturated rings. The van der Waals surface area contributed by atoms with Crippen LogP contribution in [0.4, 0.5) is 5.69 Å². The van der Waals surface area contributed by atoms with Gasteiger partial charge in [0.1, 0.15) is 0 Å². The van der Waals surface area contributed by atoms with Crippen LogP contribution in [0.5, 0.6) is 0 Å². The molecule has 17 heavy (non-hydrogen) atoms. The number of carbonyl (C=O) groups excluding carboxylic acids is 1. The molecule has 0 aromatic heterocycles. The number of rotatable bonds is 4. The van der Waals surface area contributed by atoms with Gasteiger partial charge in [-0.1, -0.05) is 13.0 Å². The molecular weight excluding hydrogens is 236 g/mol. The summed E-state index contributed by atoms with van der Waals surface area (Å²) in [5.74, 6) is 0.0326. The third-order valence-corrected chi connectivity index (χ3v) is 2.45. The normalized spacial score (nSPS) is 11.5. The van der Waals surface area contributed by atoms with Crippen LogP contribution in [-0.4, -0.2) is 19.5 Å². The van der Waals surface area contributed by atoms with Crippen LogP contribution in [0, 0.1) is 19.8 Å². The maximum atomic E-state index is 11.8. The third kappa shape index (κ3) is 5.20. The van der Waals surface area contributed by atoms with E-state index in [4.69, 9.17) is 0 Å². The Bertz CT molecular complexity index is 359. The van der Waals surface area contributed by atoms with Crippen LogP contribution >= 0.6 is 12.4 Å². The van der Waals surface area contributed by atoms with E-state index < -0.39 is 0 Å². The molecule has 4 heteroatoms. The summed E-state index contributed by atoms with van der Waals surface area (Å²) in [6, 6.07) is 6.06. The van der Waals surface area contributed by atoms with E-state index in [2.05, 4.69) is 16.7 Å². The summed E-state index contributed by atoms with van der Waals surface area (Å²) in [7, 11) is 1.85. The number of hydrogen-bond donors (Lipinski definition) is 2. The maximum absolute atomic E-state index is 11.8. The lowest BCUT2D eigenvalue weighted by Crippen LogP contribution is -2.28. The molecule has 0 aliphatic carbocycles. The number of hydrogen-bond acceptors (Lipinski definition) is 2. The van der Waals surface area contributed by atoms with Gasteiger partial charge in [0.15, 0.2) is 0 Å². The van der Waals surface area contributed by atoms with Gasteiger partial charge < -0.3 is 10.6 Å². The second-order valence-electron chi connectivity index (χ2n) is 4.32. The van der Waals surface area contributed by atoms with Crippen LogP contribution in [0.25, 0.3) is 0 Å². The fraction of sp³-hybridized carbons (Fsp3) is 0.462. The van der Waals surface area contributed by atoms with Crippen LogP contribution in [0.1, 0.15) is 18.1 Å². The molecule has 1 rings (SSSR count). The third-order valence-electron chi connectivity index (χ3n) is 2.45. The molecule has 0 radical (unpaired) electrons. The molecule has 2 N–H and O–H groups in total. The maximum Gasteiger partial charge on any atom is 0.228 e. The van der Waals surface area contributed by atoms with Gasteiger partial charge in [0.25, 0.3) is 0 Å². The molecule has 0 spiro atoms. The molecule has 0 heterocycles. The molecule has 3 nitrogen and oxygen atoms in total. The van der Waals surface area contributed by atoms with E-state index in [-0.39, 0.29) is 24.2 Å². The number of nitrogens with one attached hydrogen (secondary N) is 2. The number of aryl methyl sites for hydroxylation is 2. The van der Waals surface area contributed by atoms with Crippen molar-refractivity contribution < 1.29 is 4.79 Å². The van der Waals surface area contributed by atoms with Gasteiger partial charge in [-0.25, -0.2) is 0 Å². The minimum atomic E-state index is -0.0224. The Morgan fingerprint density at radius 3 is 2.24 bits per heavy atom. The molecule has 96 valence electrons. The number of benzene rings is 1. The van der Waals surface area contributed by atoms with Gasteiger partial charge in [-0.05, 0) is 44.2 Å². The molecule has 1 aromatic rings. The van der Waals surface area contributed by atoms with Gasteiger partial charge >= 0.3 is 0 Å². The first-order valence-electron chi connectivity index (χ1n) is 5.56. The summed E-state index contributed by atoms with van der Waals surface area (Å²) >= 11 is 0. The van der Waals surface area contributed by atoms with Crippen molar-refractivity contribution in [3.8, 4) is 0 Å². The van der Waals surface area contributed by atoms with Gasteiger partial charge in [-0.3, -0.25) is 4.79 Å². The van der Waals surface area contributed by atoms with Crippen molar-refractivity contribution in [2.75, 3.05) is 18.9 Å². The fourth-order valence-corrected chi connectivity index (χ4v) is 1.71. The Balaban J connectivity index is 0.00000256.